The Kier molecular flexibility index (Phi) is 5.69. The summed E-state index contributed by atoms with van der Waals surface area (Å²) in [7, 11) is 0. The van der Waals surface area contributed by atoms with Crippen molar-refractivity contribution in [3.8, 4) is 11.1 Å². The van der Waals surface area contributed by atoms with Gasteiger partial charge in [0.25, 0.3) is 5.56 Å². The molecule has 0 aliphatic carbocycles. The van der Waals surface area contributed by atoms with Crippen molar-refractivity contribution in [2.45, 2.75) is 13.3 Å². The van der Waals surface area contributed by atoms with Crippen LogP contribution in [0.15, 0.2) is 59.4 Å². The molecule has 0 atom stereocenters. The maximum atomic E-state index is 14.8. The second-order valence-corrected chi connectivity index (χ2v) is 7.84. The van der Waals surface area contributed by atoms with E-state index >= 15 is 0 Å². The molecule has 0 unspecified atom stereocenters. The van der Waals surface area contributed by atoms with E-state index < -0.39 is 23.3 Å². The van der Waals surface area contributed by atoms with Crippen LogP contribution < -0.4 is 10.9 Å². The smallest absolute Gasteiger partial charge is 0.413 e. The third-order valence-corrected chi connectivity index (χ3v) is 5.52. The van der Waals surface area contributed by atoms with Gasteiger partial charge in [-0.15, -0.1) is 0 Å². The van der Waals surface area contributed by atoms with Gasteiger partial charge in [0.15, 0.2) is 0 Å². The Morgan fingerprint density at radius 3 is 2.74 bits per heavy atom. The predicted molar refractivity (Wildman–Crippen MR) is 127 cm³/mol. The van der Waals surface area contributed by atoms with E-state index in [0.29, 0.717) is 38.6 Å². The van der Waals surface area contributed by atoms with E-state index in [0.717, 1.165) is 5.56 Å². The number of benzene rings is 3. The van der Waals surface area contributed by atoms with E-state index in [4.69, 9.17) is 4.74 Å². The molecule has 1 amide bonds. The molecule has 0 saturated heterocycles. The highest BCUT2D eigenvalue weighted by atomic mass is 19.1. The average molecular weight is 475 g/mol. The molecule has 0 fully saturated rings. The van der Waals surface area contributed by atoms with Gasteiger partial charge in [0.2, 0.25) is 5.95 Å². The highest BCUT2D eigenvalue weighted by Gasteiger charge is 2.13. The zero-order chi connectivity index (χ0) is 24.5. The first-order valence-corrected chi connectivity index (χ1v) is 10.8. The van der Waals surface area contributed by atoms with E-state index in [2.05, 4.69) is 25.5 Å². The van der Waals surface area contributed by atoms with Crippen LogP contribution in [-0.4, -0.2) is 32.9 Å². The lowest BCUT2D eigenvalue weighted by Gasteiger charge is -2.09. The largest absolute Gasteiger partial charge is 0.450 e. The topological polar surface area (TPSA) is 113 Å². The Bertz CT molecular complexity index is 1640. The van der Waals surface area contributed by atoms with Crippen LogP contribution in [0.2, 0.25) is 0 Å². The van der Waals surface area contributed by atoms with Gasteiger partial charge < -0.3 is 9.72 Å². The number of amides is 1. The molecule has 8 nitrogen and oxygen atoms in total. The number of fused-ring (bicyclic) bond motifs is 2. The van der Waals surface area contributed by atoms with Crippen LogP contribution in [0.5, 0.6) is 0 Å². The van der Waals surface area contributed by atoms with Crippen molar-refractivity contribution < 1.29 is 18.3 Å². The number of aromatic amines is 2. The minimum Gasteiger partial charge on any atom is -0.450 e. The Balaban J connectivity index is 1.49. The average Bonchev–Trinajstić information content (AvgIpc) is 3.23. The summed E-state index contributed by atoms with van der Waals surface area (Å²) in [6.07, 6.45) is -0.378. The molecule has 176 valence electrons. The van der Waals surface area contributed by atoms with E-state index in [1.165, 1.54) is 24.3 Å². The normalized spacial score (nSPS) is 11.2. The summed E-state index contributed by atoms with van der Waals surface area (Å²) in [6.45, 7) is 1.92. The zero-order valence-corrected chi connectivity index (χ0v) is 18.5. The maximum absolute atomic E-state index is 14.8. The molecular formula is C25H19F2N5O3. The van der Waals surface area contributed by atoms with Gasteiger partial charge in [-0.1, -0.05) is 12.1 Å². The maximum Gasteiger partial charge on any atom is 0.413 e. The number of nitrogens with one attached hydrogen (secondary N) is 3. The number of hydrogen-bond acceptors (Lipinski definition) is 5. The molecule has 2 heterocycles. The summed E-state index contributed by atoms with van der Waals surface area (Å²) < 4.78 is 33.5. The van der Waals surface area contributed by atoms with Gasteiger partial charge in [-0.2, -0.15) is 5.10 Å². The van der Waals surface area contributed by atoms with Crippen molar-refractivity contribution in [1.82, 2.24) is 20.2 Å². The molecule has 0 aliphatic heterocycles. The standard InChI is InChI=1S/C25H19F2N5O3/c1-2-35-25(34)30-24-28-20-8-4-14(11-22(20)29-24)17-9-13(3-7-19(17)27)10-21-18-12-15(26)5-6-16(18)23(33)32-31-21/h3-9,11-12H,2,10H2,1H3,(H,32,33)(H2,28,29,30,34). The second kappa shape index (κ2) is 8.98. The Hall–Kier alpha value is -4.60. The fourth-order valence-corrected chi connectivity index (χ4v) is 3.92. The molecule has 10 heteroatoms. The number of hydrogen-bond donors (Lipinski definition) is 3. The number of halogens is 2. The molecule has 0 radical (unpaired) electrons. The summed E-state index contributed by atoms with van der Waals surface area (Å²) in [4.78, 5) is 31.0. The fraction of sp³-hybridized carbons (Fsp3) is 0.120. The number of aromatic nitrogens is 4. The predicted octanol–water partition coefficient (Wildman–Crippen LogP) is 4.90. The summed E-state index contributed by atoms with van der Waals surface area (Å²) in [6, 6.07) is 13.7. The lowest BCUT2D eigenvalue weighted by molar-refractivity contribution is 0.167. The molecule has 5 rings (SSSR count). The van der Waals surface area contributed by atoms with E-state index in [-0.39, 0.29) is 19.0 Å². The first kappa shape index (κ1) is 22.2. The van der Waals surface area contributed by atoms with E-state index in [9.17, 15) is 18.4 Å². The van der Waals surface area contributed by atoms with Crippen LogP contribution in [0.4, 0.5) is 19.5 Å². The highest BCUT2D eigenvalue weighted by molar-refractivity contribution is 5.88. The zero-order valence-electron chi connectivity index (χ0n) is 18.5. The number of nitrogens with zero attached hydrogens (tertiary/aromatic N) is 2. The third kappa shape index (κ3) is 4.45. The van der Waals surface area contributed by atoms with Gasteiger partial charge >= 0.3 is 6.09 Å². The second-order valence-electron chi connectivity index (χ2n) is 7.84. The number of carbonyl (C=O) groups is 1. The first-order chi connectivity index (χ1) is 16.9. The Morgan fingerprint density at radius 1 is 1.06 bits per heavy atom. The van der Waals surface area contributed by atoms with Crippen molar-refractivity contribution in [2.24, 2.45) is 0 Å². The number of imidazole rings is 1. The number of carbonyl (C=O) groups excluding carboxylic acids is 1. The molecule has 3 aromatic carbocycles. The fourth-order valence-electron chi connectivity index (χ4n) is 3.92. The van der Waals surface area contributed by atoms with Crippen LogP contribution in [0.25, 0.3) is 32.9 Å². The lowest BCUT2D eigenvalue weighted by Crippen LogP contribution is -2.14. The molecule has 5 aromatic rings. The summed E-state index contributed by atoms with van der Waals surface area (Å²) in [5.74, 6) is -0.693. The molecule has 0 aliphatic rings. The van der Waals surface area contributed by atoms with Crippen molar-refractivity contribution >= 4 is 33.8 Å². The number of H-pyrrole nitrogens is 2. The van der Waals surface area contributed by atoms with Crippen molar-refractivity contribution in [2.75, 3.05) is 11.9 Å². The van der Waals surface area contributed by atoms with Gasteiger partial charge in [-0.05, 0) is 60.5 Å². The minimum absolute atomic E-state index is 0.216. The molecule has 35 heavy (non-hydrogen) atoms. The Morgan fingerprint density at radius 2 is 1.91 bits per heavy atom. The number of rotatable bonds is 5. The van der Waals surface area contributed by atoms with E-state index in [1.54, 1.807) is 37.3 Å². The molecule has 0 spiro atoms. The lowest BCUT2D eigenvalue weighted by atomic mass is 9.98. The van der Waals surface area contributed by atoms with Gasteiger partial charge in [0, 0.05) is 17.4 Å². The highest BCUT2D eigenvalue weighted by Crippen LogP contribution is 2.29. The third-order valence-electron chi connectivity index (χ3n) is 5.52. The van der Waals surface area contributed by atoms with Crippen LogP contribution in [0.3, 0.4) is 0 Å². The molecule has 2 aromatic heterocycles. The quantitative estimate of drug-likeness (QED) is 0.335. The summed E-state index contributed by atoms with van der Waals surface area (Å²) in [5, 5.41) is 9.75. The van der Waals surface area contributed by atoms with Gasteiger partial charge in [-0.3, -0.25) is 10.1 Å². The first-order valence-electron chi connectivity index (χ1n) is 10.8. The molecule has 0 saturated carbocycles. The SMILES string of the molecule is CCOC(=O)Nc1nc2cc(-c3cc(Cc4n[nH]c(=O)c5ccc(F)cc45)ccc3F)ccc2[nH]1. The molecule has 0 bridgehead atoms. The van der Waals surface area contributed by atoms with Crippen LogP contribution >= 0.6 is 0 Å². The summed E-state index contributed by atoms with van der Waals surface area (Å²) in [5.41, 5.74) is 2.88. The van der Waals surface area contributed by atoms with Gasteiger partial charge in [-0.25, -0.2) is 23.7 Å². The van der Waals surface area contributed by atoms with Gasteiger partial charge in [0.05, 0.1) is 28.7 Å². The van der Waals surface area contributed by atoms with Crippen molar-refractivity contribution in [1.29, 1.82) is 0 Å². The minimum atomic E-state index is -0.631. The van der Waals surface area contributed by atoms with Crippen LogP contribution in [-0.2, 0) is 11.2 Å². The molecular weight excluding hydrogens is 456 g/mol. The number of ether oxygens (including phenoxy) is 1. The number of anilines is 1. The van der Waals surface area contributed by atoms with Crippen molar-refractivity contribution in [3.63, 3.8) is 0 Å². The van der Waals surface area contributed by atoms with Crippen LogP contribution in [0, 0.1) is 11.6 Å². The van der Waals surface area contributed by atoms with Crippen molar-refractivity contribution in [3.05, 3.63) is 87.8 Å². The van der Waals surface area contributed by atoms with Gasteiger partial charge in [0.1, 0.15) is 11.6 Å². The van der Waals surface area contributed by atoms with Crippen LogP contribution in [0.1, 0.15) is 18.2 Å². The Labute approximate surface area is 197 Å². The summed E-state index contributed by atoms with van der Waals surface area (Å²) >= 11 is 0. The monoisotopic (exact) mass is 475 g/mol. The van der Waals surface area contributed by atoms with E-state index in [1.807, 2.05) is 0 Å². The molecule has 3 N–H and O–H groups in total.